The Kier molecular flexibility index (Phi) is 30.4. The number of hydrogen-bond donors (Lipinski definition) is 4. The van der Waals surface area contributed by atoms with Gasteiger partial charge in [-0.25, -0.2) is 33.9 Å². The van der Waals surface area contributed by atoms with Gasteiger partial charge in [0.05, 0.1) is 52.5 Å². The van der Waals surface area contributed by atoms with Gasteiger partial charge in [0.25, 0.3) is 11.7 Å². The van der Waals surface area contributed by atoms with Crippen LogP contribution in [0.1, 0.15) is 170 Å². The second kappa shape index (κ2) is 39.2. The molecule has 10 rings (SSSR count). The van der Waals surface area contributed by atoms with E-state index in [9.17, 15) is 33.6 Å². The van der Waals surface area contributed by atoms with Crippen molar-refractivity contribution in [3.05, 3.63) is 278 Å². The molecule has 5 N–H and O–H groups in total. The highest BCUT2D eigenvalue weighted by Gasteiger charge is 2.29. The third-order valence-electron chi connectivity index (χ3n) is 15.9. The lowest BCUT2D eigenvalue weighted by atomic mass is 9.99. The van der Waals surface area contributed by atoms with Crippen LogP contribution in [0.4, 0.5) is 0 Å². The topological polar surface area (TPSA) is 280 Å². The quantitative estimate of drug-likeness (QED) is 0.00573. The van der Waals surface area contributed by atoms with E-state index in [1.807, 2.05) is 146 Å². The van der Waals surface area contributed by atoms with E-state index < -0.39 is 17.7 Å². The Morgan fingerprint density at radius 3 is 1.57 bits per heavy atom. The lowest BCUT2D eigenvalue weighted by Gasteiger charge is -2.12. The Morgan fingerprint density at radius 1 is 0.556 bits per heavy atom. The van der Waals surface area contributed by atoms with Crippen molar-refractivity contribution in [2.24, 2.45) is 5.73 Å². The van der Waals surface area contributed by atoms with Gasteiger partial charge in [-0.15, -0.1) is 6.58 Å². The van der Waals surface area contributed by atoms with Crippen LogP contribution in [0.2, 0.25) is 0 Å². The number of aromatic nitrogens is 6. The molecule has 1 amide bonds. The van der Waals surface area contributed by atoms with Crippen LogP contribution in [0.3, 0.4) is 0 Å². The van der Waals surface area contributed by atoms with E-state index in [-0.39, 0.29) is 48.3 Å². The van der Waals surface area contributed by atoms with Crippen molar-refractivity contribution in [1.82, 2.24) is 28.9 Å². The third kappa shape index (κ3) is 20.9. The summed E-state index contributed by atoms with van der Waals surface area (Å²) in [5, 5.41) is 0. The fourth-order valence-electron chi connectivity index (χ4n) is 11.0. The number of carbonyl (C=O) groups excluding carboxylic acids is 7. The molecule has 0 spiro atoms. The van der Waals surface area contributed by atoms with E-state index in [0.717, 1.165) is 71.4 Å². The van der Waals surface area contributed by atoms with Crippen molar-refractivity contribution in [2.45, 2.75) is 99.5 Å². The van der Waals surface area contributed by atoms with Gasteiger partial charge in [-0.05, 0) is 108 Å². The number of benzene rings is 4. The third-order valence-corrected chi connectivity index (χ3v) is 15.9. The average Bonchev–Trinajstić information content (AvgIpc) is 1.60. The molecule has 99 heavy (non-hydrogen) atoms. The molecule has 6 heterocycles. The minimum Gasteiger partial charge on any atom is -0.474 e. The van der Waals surface area contributed by atoms with E-state index in [2.05, 4.69) is 79.0 Å². The zero-order chi connectivity index (χ0) is 72.0. The maximum atomic E-state index is 12.8. The number of nitrogens with two attached hydrogens (primary N) is 1. The SMILES string of the molecule is C=CCn1c(C(=O)OC)cc(CC)c1Cc1ccccc1.CCc1c(C(=O)C(N)=O)c2c(OCCOOC)nc(C)cn2c1Cc1ccccc1.CCc1c[nH]c(C(=O)OC)c1.CCc1cc(C(=O)OC)[nH]c1C(=O)c1ccccc1.CCc1cc(C(=O)OC)[nH]c1Cc1ccccc1. The predicted octanol–water partition coefficient (Wildman–Crippen LogP) is 12.9. The smallest absolute Gasteiger partial charge is 0.354 e. The molecule has 10 aromatic rings. The molecule has 0 bridgehead atoms. The number of aryl methyl sites for hydroxylation is 5. The number of esters is 4. The first-order valence-electron chi connectivity index (χ1n) is 32.5. The maximum Gasteiger partial charge on any atom is 0.354 e. The van der Waals surface area contributed by atoms with Gasteiger partial charge in [-0.1, -0.05) is 162 Å². The van der Waals surface area contributed by atoms with Crippen molar-refractivity contribution in [2.75, 3.05) is 48.8 Å². The number of aromatic amines is 3. The molecule has 0 aliphatic rings. The van der Waals surface area contributed by atoms with Gasteiger partial charge in [0, 0.05) is 60.8 Å². The van der Waals surface area contributed by atoms with Crippen LogP contribution in [-0.2, 0) is 91.4 Å². The zero-order valence-electron chi connectivity index (χ0n) is 58.2. The molecular weight excluding hydrogens is 1260 g/mol. The molecule has 21 heteroatoms. The van der Waals surface area contributed by atoms with Gasteiger partial charge in [0.2, 0.25) is 11.7 Å². The van der Waals surface area contributed by atoms with Crippen molar-refractivity contribution < 1.29 is 67.0 Å². The lowest BCUT2D eigenvalue weighted by Crippen LogP contribution is -2.24. The molecule has 0 unspecified atom stereocenters. The normalized spacial score (nSPS) is 10.5. The van der Waals surface area contributed by atoms with Crippen molar-refractivity contribution in [1.29, 1.82) is 0 Å². The molecule has 0 fully saturated rings. The molecule has 0 radical (unpaired) electrons. The summed E-state index contributed by atoms with van der Waals surface area (Å²) < 4.78 is 28.5. The summed E-state index contributed by atoms with van der Waals surface area (Å²) in [5.41, 5.74) is 21.5. The van der Waals surface area contributed by atoms with Crippen LogP contribution >= 0.6 is 0 Å². The molecule has 0 saturated heterocycles. The molecule has 6 aromatic heterocycles. The number of methoxy groups -OCH3 is 4. The highest BCUT2D eigenvalue weighted by molar-refractivity contribution is 6.44. The fourth-order valence-corrected chi connectivity index (χ4v) is 11.0. The Labute approximate surface area is 577 Å². The number of nitrogens with one attached hydrogen (secondary N) is 3. The number of Topliss-reactive ketones (excluding diaryl/α,β-unsaturated/α-hetero) is 1. The number of rotatable bonds is 26. The van der Waals surface area contributed by atoms with E-state index in [0.29, 0.717) is 71.1 Å². The number of ether oxygens (including phenoxy) is 5. The molecule has 520 valence electrons. The molecular formula is C78H89N7O14. The molecule has 0 saturated carbocycles. The first kappa shape index (κ1) is 76.9. The van der Waals surface area contributed by atoms with E-state index in [4.69, 9.17) is 24.8 Å². The Hall–Kier alpha value is -11.2. The van der Waals surface area contributed by atoms with Crippen LogP contribution in [-0.4, -0.2) is 119 Å². The van der Waals surface area contributed by atoms with Crippen LogP contribution < -0.4 is 10.5 Å². The molecule has 0 aliphatic heterocycles. The summed E-state index contributed by atoms with van der Waals surface area (Å²) in [5.74, 6) is -3.05. The van der Waals surface area contributed by atoms with Gasteiger partial charge in [-0.3, -0.25) is 14.4 Å². The number of nitrogens with zero attached hydrogens (tertiary/aromatic N) is 3. The van der Waals surface area contributed by atoms with Crippen LogP contribution in [0.25, 0.3) is 5.52 Å². The number of hydrogen-bond acceptors (Lipinski definition) is 15. The number of H-pyrrole nitrogens is 3. The van der Waals surface area contributed by atoms with E-state index in [1.165, 1.54) is 57.8 Å². The summed E-state index contributed by atoms with van der Waals surface area (Å²) in [6, 6.07) is 46.6. The van der Waals surface area contributed by atoms with Gasteiger partial charge in [-0.2, -0.15) is 0 Å². The Morgan fingerprint density at radius 2 is 1.07 bits per heavy atom. The number of fused-ring (bicyclic) bond motifs is 1. The Bertz CT molecular complexity index is 4300. The van der Waals surface area contributed by atoms with Gasteiger partial charge in [0.1, 0.15) is 41.5 Å². The zero-order valence-corrected chi connectivity index (χ0v) is 58.2. The molecule has 0 aliphatic carbocycles. The summed E-state index contributed by atoms with van der Waals surface area (Å²) in [6.07, 6.45) is 11.6. The maximum absolute atomic E-state index is 12.8. The number of allylic oxidation sites excluding steroid dienone is 1. The van der Waals surface area contributed by atoms with Crippen molar-refractivity contribution in [3.8, 4) is 5.88 Å². The highest BCUT2D eigenvalue weighted by atomic mass is 17.2. The standard InChI is InChI=1S/C22H25N3O5.C18H21NO2.C15H15NO3.C15H17NO2.C8H11NO2/c1-4-16-17(12-15-8-6-5-7-9-15)25-13-14(2)24-22(29-10-11-30-28-3)19(25)18(16)20(26)21(23)27;1-4-11-19-16(12-14-9-7-6-8-10-14)15(5-2)13-17(19)18(20)21-3;1-3-10-9-12(15(18)19-2)16-13(10)14(17)11-7-5-4-6-8-11;1-3-12-10-14(15(17)18-2)16-13(12)9-11-7-5-4-6-8-11;1-3-6-4-7(9-5-6)8(10)11-2/h5-9,13H,4,10-12H2,1-3H3,(H2,23,27);4,6-10,13H,1,5,11-12H2,2-3H3;4-9,16H,3H2,1-2H3;4-8,10,16H,3,9H2,1-2H3;4-5,9H,3H2,1-2H3. The first-order valence-corrected chi connectivity index (χ1v) is 32.5. The predicted molar refractivity (Wildman–Crippen MR) is 379 cm³/mol. The summed E-state index contributed by atoms with van der Waals surface area (Å²) in [6.45, 7) is 16.7. The number of ketones is 2. The lowest BCUT2D eigenvalue weighted by molar-refractivity contribution is -0.275. The first-order chi connectivity index (χ1) is 47.9. The van der Waals surface area contributed by atoms with Gasteiger partial charge < -0.3 is 53.3 Å². The number of amides is 1. The number of carbonyl (C=O) groups is 7. The molecule has 21 nitrogen and oxygen atoms in total. The molecule has 4 aromatic carbocycles. The van der Waals surface area contributed by atoms with Gasteiger partial charge >= 0.3 is 23.9 Å². The Balaban J connectivity index is 0.000000201. The highest BCUT2D eigenvalue weighted by Crippen LogP contribution is 2.33. The van der Waals surface area contributed by atoms with Crippen molar-refractivity contribution >= 4 is 46.9 Å². The monoisotopic (exact) mass is 1350 g/mol. The number of primary amides is 1. The fraction of sp³-hybridized carbons (Fsp3) is 0.282. The summed E-state index contributed by atoms with van der Waals surface area (Å²) >= 11 is 0. The van der Waals surface area contributed by atoms with Crippen LogP contribution in [0, 0.1) is 6.92 Å². The largest absolute Gasteiger partial charge is 0.474 e. The minimum atomic E-state index is -1.02. The summed E-state index contributed by atoms with van der Waals surface area (Å²) in [7, 11) is 6.90. The van der Waals surface area contributed by atoms with E-state index in [1.54, 1.807) is 30.3 Å². The molecule has 0 atom stereocenters. The summed E-state index contributed by atoms with van der Waals surface area (Å²) in [4.78, 5) is 106. The second-order valence-electron chi connectivity index (χ2n) is 22.2. The van der Waals surface area contributed by atoms with Crippen LogP contribution in [0.5, 0.6) is 5.88 Å². The van der Waals surface area contributed by atoms with Crippen molar-refractivity contribution in [3.63, 3.8) is 0 Å². The average molecular weight is 1350 g/mol. The second-order valence-corrected chi connectivity index (χ2v) is 22.2. The van der Waals surface area contributed by atoms with E-state index >= 15 is 0 Å². The van der Waals surface area contributed by atoms with Crippen LogP contribution in [0.15, 0.2) is 171 Å². The minimum absolute atomic E-state index is 0.118. The van der Waals surface area contributed by atoms with Gasteiger partial charge in [0.15, 0.2) is 0 Å².